The molecule has 10 heteroatoms. The summed E-state index contributed by atoms with van der Waals surface area (Å²) in [6.07, 6.45) is -0.154. The molecule has 7 atom stereocenters. The van der Waals surface area contributed by atoms with Crippen molar-refractivity contribution in [3.8, 4) is 17.0 Å². The average Bonchev–Trinajstić information content (AvgIpc) is 3.68. The third-order valence-corrected chi connectivity index (χ3v) is 12.9. The maximum absolute atomic E-state index is 13.6. The number of anilines is 1. The third kappa shape index (κ3) is 4.88. The number of esters is 1. The number of imide groups is 1. The Morgan fingerprint density at radius 1 is 0.913 bits per heavy atom. The van der Waals surface area contributed by atoms with E-state index >= 15 is 0 Å². The average molecular weight is 746 g/mol. The quantitative estimate of drug-likeness (QED) is 0.0876. The fraction of sp³-hybridized carbons (Fsp3) is 0.306. The molecule has 1 saturated heterocycles. The first-order valence-electron chi connectivity index (χ1n) is 15.1. The summed E-state index contributed by atoms with van der Waals surface area (Å²) in [5.74, 6) is -0.952. The number of rotatable bonds is 7. The molecule has 7 unspecified atom stereocenters. The molecule has 8 nitrogen and oxygen atoms in total. The number of ketones is 1. The van der Waals surface area contributed by atoms with E-state index in [-0.39, 0.29) is 56.5 Å². The van der Waals surface area contributed by atoms with Crippen LogP contribution in [0.25, 0.3) is 22.2 Å². The second-order valence-corrected chi connectivity index (χ2v) is 14.3. The topological polar surface area (TPSA) is 103 Å². The minimum absolute atomic E-state index is 0.137. The van der Waals surface area contributed by atoms with Gasteiger partial charge in [0.1, 0.15) is 5.75 Å². The highest BCUT2D eigenvalue weighted by Crippen LogP contribution is 2.60. The SMILES string of the molecule is COc1ccc(C(=O)C(C)OC(=O)c2cc(-c3ccc(N4C(=O)C5C6CC(C(Br)C6Br)C5C4=O)cc3)nc3c(C)cccc23)cc1. The van der Waals surface area contributed by atoms with Gasteiger partial charge in [-0.05, 0) is 80.1 Å². The van der Waals surface area contributed by atoms with Gasteiger partial charge in [0.15, 0.2) is 6.10 Å². The molecular formula is C36H30Br2N2O6. The molecule has 0 radical (unpaired) electrons. The van der Waals surface area contributed by atoms with Gasteiger partial charge in [-0.2, -0.15) is 0 Å². The Morgan fingerprint density at radius 2 is 1.54 bits per heavy atom. The number of fused-ring (bicyclic) bond motifs is 6. The fourth-order valence-electron chi connectivity index (χ4n) is 7.36. The smallest absolute Gasteiger partial charge is 0.339 e. The molecule has 2 saturated carbocycles. The Morgan fingerprint density at radius 3 is 2.15 bits per heavy atom. The number of hydrogen-bond donors (Lipinski definition) is 0. The van der Waals surface area contributed by atoms with Crippen LogP contribution in [0, 0.1) is 30.6 Å². The minimum Gasteiger partial charge on any atom is -0.497 e. The summed E-state index contributed by atoms with van der Waals surface area (Å²) in [5, 5.41) is 0.610. The Bertz CT molecular complexity index is 1880. The van der Waals surface area contributed by atoms with Crippen molar-refractivity contribution in [3.05, 3.63) is 89.5 Å². The number of benzene rings is 3. The maximum atomic E-state index is 13.6. The van der Waals surface area contributed by atoms with Crippen LogP contribution < -0.4 is 9.64 Å². The zero-order chi connectivity index (χ0) is 32.4. The number of methoxy groups -OCH3 is 1. The van der Waals surface area contributed by atoms with E-state index in [0.717, 1.165) is 12.0 Å². The second kappa shape index (κ2) is 11.7. The van der Waals surface area contributed by atoms with Gasteiger partial charge in [0, 0.05) is 26.2 Å². The number of nitrogens with zero attached hydrogens (tertiary/aromatic N) is 2. The standard InChI is InChI=1S/C36H30Br2N2O6/c1-17-5-4-6-23-24(36(44)46-18(2)33(41)20-9-13-22(45-3)14-10-20)16-27(39-32(17)23)19-7-11-21(12-8-19)40-34(42)28-25-15-26(29(28)35(40)43)31(38)30(25)37/h4-14,16,18,25-26,28-31H,15H2,1-3H3. The fourth-order valence-corrected chi connectivity index (χ4v) is 9.23. The van der Waals surface area contributed by atoms with E-state index in [0.29, 0.717) is 39.2 Å². The molecule has 3 aromatic carbocycles. The Hall–Kier alpha value is -3.89. The van der Waals surface area contributed by atoms with Gasteiger partial charge in [-0.15, -0.1) is 0 Å². The van der Waals surface area contributed by atoms with Gasteiger partial charge in [-0.3, -0.25) is 19.3 Å². The largest absolute Gasteiger partial charge is 0.497 e. The summed E-state index contributed by atoms with van der Waals surface area (Å²) >= 11 is 7.48. The lowest BCUT2D eigenvalue weighted by molar-refractivity contribution is -0.123. The number of Topliss-reactive ketones (excluding diaryl/α,β-unsaturated/α-hetero) is 1. The molecule has 4 aromatic rings. The molecule has 234 valence electrons. The zero-order valence-electron chi connectivity index (χ0n) is 25.3. The van der Waals surface area contributed by atoms with Gasteiger partial charge >= 0.3 is 5.97 Å². The summed E-state index contributed by atoms with van der Waals surface area (Å²) in [6.45, 7) is 3.46. The molecule has 3 aliphatic rings. The first kappa shape index (κ1) is 30.7. The van der Waals surface area contributed by atoms with Crippen LogP contribution in [0.1, 0.15) is 39.6 Å². The van der Waals surface area contributed by atoms with Gasteiger partial charge in [-0.25, -0.2) is 9.78 Å². The van der Waals surface area contributed by atoms with Crippen molar-refractivity contribution in [1.82, 2.24) is 4.98 Å². The number of aromatic nitrogens is 1. The summed E-state index contributed by atoms with van der Waals surface area (Å²) in [5.41, 5.74) is 3.93. The number of para-hydroxylation sites is 1. The predicted molar refractivity (Wildman–Crippen MR) is 181 cm³/mol. The van der Waals surface area contributed by atoms with Crippen molar-refractivity contribution < 1.29 is 28.7 Å². The number of aryl methyl sites for hydroxylation is 1. The Kier molecular flexibility index (Phi) is 7.84. The lowest BCUT2D eigenvalue weighted by atomic mass is 9.81. The lowest BCUT2D eigenvalue weighted by Gasteiger charge is -2.28. The monoisotopic (exact) mass is 744 g/mol. The number of carbonyl (C=O) groups is 4. The molecule has 1 aliphatic heterocycles. The molecule has 2 amide bonds. The normalized spacial score (nSPS) is 25.5. The molecule has 46 heavy (non-hydrogen) atoms. The summed E-state index contributed by atoms with van der Waals surface area (Å²) in [6, 6.07) is 21.0. The molecule has 2 bridgehead atoms. The van der Waals surface area contributed by atoms with E-state index < -0.39 is 12.1 Å². The number of ether oxygens (including phenoxy) is 2. The van der Waals surface area contributed by atoms with Crippen molar-refractivity contribution in [2.45, 2.75) is 36.0 Å². The van der Waals surface area contributed by atoms with Gasteiger partial charge in [0.05, 0.1) is 41.4 Å². The van der Waals surface area contributed by atoms with Crippen LogP contribution in [-0.4, -0.2) is 51.4 Å². The first-order valence-corrected chi connectivity index (χ1v) is 17.0. The molecule has 0 N–H and O–H groups in total. The van der Waals surface area contributed by atoms with E-state index in [1.54, 1.807) is 74.7 Å². The molecule has 1 aromatic heterocycles. The molecule has 0 spiro atoms. The van der Waals surface area contributed by atoms with Crippen LogP contribution in [0.2, 0.25) is 0 Å². The number of amides is 2. The maximum Gasteiger partial charge on any atom is 0.339 e. The zero-order valence-corrected chi connectivity index (χ0v) is 28.4. The number of carbonyl (C=O) groups excluding carboxylic acids is 4. The molecular weight excluding hydrogens is 716 g/mol. The van der Waals surface area contributed by atoms with Gasteiger partial charge in [-0.1, -0.05) is 62.2 Å². The van der Waals surface area contributed by atoms with Crippen LogP contribution in [0.3, 0.4) is 0 Å². The summed E-state index contributed by atoms with van der Waals surface area (Å²) < 4.78 is 10.9. The van der Waals surface area contributed by atoms with E-state index in [9.17, 15) is 19.2 Å². The number of alkyl halides is 2. The predicted octanol–water partition coefficient (Wildman–Crippen LogP) is 6.93. The highest BCUT2D eigenvalue weighted by molar-refractivity contribution is 9.12. The van der Waals surface area contributed by atoms with Crippen molar-refractivity contribution >= 4 is 72.0 Å². The summed E-state index contributed by atoms with van der Waals surface area (Å²) in [4.78, 5) is 60.3. The van der Waals surface area contributed by atoms with Gasteiger partial charge in [0.25, 0.3) is 0 Å². The van der Waals surface area contributed by atoms with Gasteiger partial charge in [0.2, 0.25) is 17.6 Å². The highest BCUT2D eigenvalue weighted by atomic mass is 79.9. The molecule has 7 rings (SSSR count). The minimum atomic E-state index is -1.03. The second-order valence-electron chi connectivity index (χ2n) is 12.2. The van der Waals surface area contributed by atoms with Crippen molar-refractivity contribution in [2.24, 2.45) is 23.7 Å². The van der Waals surface area contributed by atoms with Crippen LogP contribution in [-0.2, 0) is 14.3 Å². The number of hydrogen-bond acceptors (Lipinski definition) is 7. The third-order valence-electron chi connectivity index (χ3n) is 9.70. The highest BCUT2D eigenvalue weighted by Gasteiger charge is 2.66. The van der Waals surface area contributed by atoms with Gasteiger partial charge < -0.3 is 9.47 Å². The Balaban J connectivity index is 1.17. The molecule has 3 fully saturated rings. The van der Waals surface area contributed by atoms with Crippen LogP contribution >= 0.6 is 31.9 Å². The number of halogens is 2. The van der Waals surface area contributed by atoms with E-state index in [2.05, 4.69) is 31.9 Å². The number of pyridine rings is 1. The van der Waals surface area contributed by atoms with Crippen LogP contribution in [0.15, 0.2) is 72.8 Å². The van der Waals surface area contributed by atoms with E-state index in [4.69, 9.17) is 14.5 Å². The van der Waals surface area contributed by atoms with E-state index in [1.807, 2.05) is 19.1 Å². The van der Waals surface area contributed by atoms with Crippen molar-refractivity contribution in [1.29, 1.82) is 0 Å². The van der Waals surface area contributed by atoms with Crippen LogP contribution in [0.4, 0.5) is 5.69 Å². The first-order chi connectivity index (χ1) is 22.1. The Labute approximate surface area is 282 Å². The van der Waals surface area contributed by atoms with Crippen molar-refractivity contribution in [3.63, 3.8) is 0 Å². The van der Waals surface area contributed by atoms with Crippen molar-refractivity contribution in [2.75, 3.05) is 12.0 Å². The van der Waals surface area contributed by atoms with E-state index in [1.165, 1.54) is 4.90 Å². The molecule has 2 aliphatic carbocycles. The lowest BCUT2D eigenvalue weighted by Crippen LogP contribution is -2.37. The summed E-state index contributed by atoms with van der Waals surface area (Å²) in [7, 11) is 1.55. The van der Waals surface area contributed by atoms with Crippen LogP contribution in [0.5, 0.6) is 5.75 Å². The molecule has 2 heterocycles.